The molecule has 4 rings (SSSR count). The molecule has 1 aromatic carbocycles. The van der Waals surface area contributed by atoms with Crippen LogP contribution in [0.2, 0.25) is 0 Å². The number of aliphatic imine (C=N–C) groups is 1. The highest BCUT2D eigenvalue weighted by molar-refractivity contribution is 5.98. The van der Waals surface area contributed by atoms with Crippen LogP contribution in [-0.2, 0) is 4.79 Å². The molecule has 0 bridgehead atoms. The first-order chi connectivity index (χ1) is 16.9. The molecule has 10 nitrogen and oxygen atoms in total. The Morgan fingerprint density at radius 2 is 1.97 bits per heavy atom. The van der Waals surface area contributed by atoms with Crippen LogP contribution in [0, 0.1) is 5.92 Å². The molecule has 1 aliphatic heterocycles. The highest BCUT2D eigenvalue weighted by atomic mass is 16.1. The quantitative estimate of drug-likeness (QED) is 0.206. The van der Waals surface area contributed by atoms with Crippen LogP contribution in [0.25, 0.3) is 5.70 Å². The number of nitrogens with two attached hydrogens (primary N) is 3. The third-order valence-electron chi connectivity index (χ3n) is 5.84. The molecule has 1 saturated heterocycles. The number of hydrogen-bond donors (Lipinski definition) is 5. The maximum Gasteiger partial charge on any atom is 0.227 e. The van der Waals surface area contributed by atoms with E-state index in [2.05, 4.69) is 37.4 Å². The van der Waals surface area contributed by atoms with Gasteiger partial charge in [0.1, 0.15) is 11.7 Å². The van der Waals surface area contributed by atoms with E-state index >= 15 is 0 Å². The van der Waals surface area contributed by atoms with E-state index in [1.165, 1.54) is 6.08 Å². The molecule has 0 amide bonds. The Morgan fingerprint density at radius 1 is 1.20 bits per heavy atom. The van der Waals surface area contributed by atoms with E-state index in [1.807, 2.05) is 30.3 Å². The van der Waals surface area contributed by atoms with E-state index in [4.69, 9.17) is 17.2 Å². The minimum Gasteiger partial charge on any atom is -0.402 e. The number of nitrogens with one attached hydrogen (secondary N) is 2. The molecule has 0 radical (unpaired) electrons. The Labute approximate surface area is 205 Å². The highest BCUT2D eigenvalue weighted by Gasteiger charge is 2.24. The first-order valence-electron chi connectivity index (χ1n) is 11.9. The van der Waals surface area contributed by atoms with Gasteiger partial charge < -0.3 is 32.7 Å². The first kappa shape index (κ1) is 24.2. The molecule has 2 aromatic rings. The molecule has 2 aliphatic rings. The van der Waals surface area contributed by atoms with Crippen LogP contribution in [0.15, 0.2) is 59.2 Å². The van der Waals surface area contributed by atoms with Crippen LogP contribution in [-0.4, -0.2) is 53.8 Å². The van der Waals surface area contributed by atoms with Gasteiger partial charge in [-0.3, -0.25) is 4.79 Å². The second-order valence-electron chi connectivity index (χ2n) is 8.95. The summed E-state index contributed by atoms with van der Waals surface area (Å²) in [4.78, 5) is 28.2. The second-order valence-corrected chi connectivity index (χ2v) is 8.95. The number of nitrogens with zero attached hydrogens (tertiary/aromatic N) is 4. The molecule has 10 heteroatoms. The lowest BCUT2D eigenvalue weighted by molar-refractivity contribution is -0.113. The lowest BCUT2D eigenvalue weighted by Gasteiger charge is -2.32. The third kappa shape index (κ3) is 7.03. The van der Waals surface area contributed by atoms with E-state index in [0.29, 0.717) is 35.2 Å². The number of anilines is 2. The van der Waals surface area contributed by atoms with Crippen molar-refractivity contribution in [1.29, 1.82) is 0 Å². The zero-order valence-electron chi connectivity index (χ0n) is 19.9. The minimum atomic E-state index is -0.194. The Morgan fingerprint density at radius 3 is 2.69 bits per heavy atom. The summed E-state index contributed by atoms with van der Waals surface area (Å²) >= 11 is 0. The summed E-state index contributed by atoms with van der Waals surface area (Å²) < 4.78 is 0. The van der Waals surface area contributed by atoms with Crippen molar-refractivity contribution in [1.82, 2.24) is 15.3 Å². The maximum absolute atomic E-state index is 12.5. The number of allylic oxidation sites excluding steroid dienone is 1. The predicted molar refractivity (Wildman–Crippen MR) is 140 cm³/mol. The maximum atomic E-state index is 12.5. The summed E-state index contributed by atoms with van der Waals surface area (Å²) in [5, 5.41) is 6.43. The highest BCUT2D eigenvalue weighted by Crippen LogP contribution is 2.33. The number of carbonyl (C=O) groups excluding carboxylic acids is 1. The van der Waals surface area contributed by atoms with Gasteiger partial charge in [0, 0.05) is 49.2 Å². The summed E-state index contributed by atoms with van der Waals surface area (Å²) in [5.74, 6) is 1.89. The molecule has 1 aromatic heterocycles. The van der Waals surface area contributed by atoms with Gasteiger partial charge in [0.25, 0.3) is 0 Å². The minimum absolute atomic E-state index is 0.0118. The van der Waals surface area contributed by atoms with E-state index in [1.54, 1.807) is 12.1 Å². The lowest BCUT2D eigenvalue weighted by atomic mass is 10.1. The van der Waals surface area contributed by atoms with E-state index in [-0.39, 0.29) is 18.2 Å². The molecule has 1 aliphatic carbocycles. The van der Waals surface area contributed by atoms with Gasteiger partial charge in [-0.15, -0.1) is 0 Å². The third-order valence-corrected chi connectivity index (χ3v) is 5.84. The summed E-state index contributed by atoms with van der Waals surface area (Å²) in [6.45, 7) is 4.54. The molecule has 1 saturated carbocycles. The SMILES string of the molecule is C[C@@H]1CN(c2cc(N=C(N)/C=C(\N)C3CC3)nc(NCC(=O)C=C(N)c3ccccc3)n2)CCN1. The van der Waals surface area contributed by atoms with Gasteiger partial charge in [-0.25, -0.2) is 4.99 Å². The van der Waals surface area contributed by atoms with Crippen molar-refractivity contribution in [3.63, 3.8) is 0 Å². The van der Waals surface area contributed by atoms with Gasteiger partial charge in [0.2, 0.25) is 5.95 Å². The molecule has 2 heterocycles. The summed E-state index contributed by atoms with van der Waals surface area (Å²) in [6, 6.07) is 11.5. The van der Waals surface area contributed by atoms with Gasteiger partial charge in [0.15, 0.2) is 11.6 Å². The van der Waals surface area contributed by atoms with Crippen molar-refractivity contribution in [2.45, 2.75) is 25.8 Å². The Kier molecular flexibility index (Phi) is 7.61. The van der Waals surface area contributed by atoms with Crippen LogP contribution in [0.3, 0.4) is 0 Å². The molecule has 184 valence electrons. The van der Waals surface area contributed by atoms with Crippen molar-refractivity contribution < 1.29 is 4.79 Å². The van der Waals surface area contributed by atoms with Crippen LogP contribution >= 0.6 is 0 Å². The van der Waals surface area contributed by atoms with Crippen molar-refractivity contribution in [3.8, 4) is 0 Å². The zero-order valence-corrected chi connectivity index (χ0v) is 19.9. The Bertz CT molecular complexity index is 1140. The van der Waals surface area contributed by atoms with Crippen LogP contribution in [0.1, 0.15) is 25.3 Å². The number of benzene rings is 1. The van der Waals surface area contributed by atoms with Crippen LogP contribution < -0.4 is 32.7 Å². The van der Waals surface area contributed by atoms with Gasteiger partial charge in [0.05, 0.1) is 6.54 Å². The monoisotopic (exact) mass is 475 g/mol. The molecule has 35 heavy (non-hydrogen) atoms. The second kappa shape index (κ2) is 11.0. The number of hydrogen-bond acceptors (Lipinski definition) is 9. The fourth-order valence-electron chi connectivity index (χ4n) is 3.84. The van der Waals surface area contributed by atoms with Crippen molar-refractivity contribution in [2.24, 2.45) is 28.1 Å². The van der Waals surface area contributed by atoms with E-state index in [9.17, 15) is 4.79 Å². The summed E-state index contributed by atoms with van der Waals surface area (Å²) in [5.41, 5.74) is 20.2. The molecule has 0 unspecified atom stereocenters. The van der Waals surface area contributed by atoms with Crippen molar-refractivity contribution in [3.05, 3.63) is 59.8 Å². The number of piperazine rings is 1. The van der Waals surface area contributed by atoms with Gasteiger partial charge in [-0.05, 0) is 37.3 Å². The van der Waals surface area contributed by atoms with Crippen molar-refractivity contribution >= 4 is 34.9 Å². The molecule has 2 fully saturated rings. The normalized spacial score (nSPS) is 19.5. The largest absolute Gasteiger partial charge is 0.402 e. The van der Waals surface area contributed by atoms with Crippen molar-refractivity contribution in [2.75, 3.05) is 36.4 Å². The predicted octanol–water partition coefficient (Wildman–Crippen LogP) is 1.50. The topological polar surface area (TPSA) is 161 Å². The number of ketones is 1. The molecular weight excluding hydrogens is 442 g/mol. The number of amidine groups is 1. The average Bonchev–Trinajstić information content (AvgIpc) is 3.69. The lowest BCUT2D eigenvalue weighted by Crippen LogP contribution is -2.49. The van der Waals surface area contributed by atoms with Gasteiger partial charge >= 0.3 is 0 Å². The fourth-order valence-corrected chi connectivity index (χ4v) is 3.84. The number of aromatic nitrogens is 2. The van der Waals surface area contributed by atoms with Crippen LogP contribution in [0.5, 0.6) is 0 Å². The first-order valence-corrected chi connectivity index (χ1v) is 11.9. The standard InChI is InChI=1S/C25H33N9O/c1-16-15-34(10-9-29-16)24-13-23(31-22(28)12-21(27)18-7-8-18)32-25(33-24)30-14-19(35)11-20(26)17-5-3-2-4-6-17/h2-6,11-13,16,18,29H,7-10,14-15,26-27H2,1H3,(H3,28,30,31,32,33)/b20-11?,21-12-/t16-/m1/s1. The smallest absolute Gasteiger partial charge is 0.227 e. The van der Waals surface area contributed by atoms with E-state index in [0.717, 1.165) is 43.7 Å². The summed E-state index contributed by atoms with van der Waals surface area (Å²) in [6.07, 6.45) is 5.27. The Hall–Kier alpha value is -3.92. The van der Waals surface area contributed by atoms with E-state index < -0.39 is 0 Å². The molecule has 0 spiro atoms. The number of rotatable bonds is 9. The average molecular weight is 476 g/mol. The number of carbonyl (C=O) groups is 1. The summed E-state index contributed by atoms with van der Waals surface area (Å²) in [7, 11) is 0. The fraction of sp³-hybridized carbons (Fsp3) is 0.360. The molecular formula is C25H33N9O. The van der Waals surface area contributed by atoms with Gasteiger partial charge in [-0.1, -0.05) is 30.3 Å². The van der Waals surface area contributed by atoms with Crippen LogP contribution in [0.4, 0.5) is 17.6 Å². The zero-order chi connectivity index (χ0) is 24.8. The molecule has 1 atom stereocenters. The molecule has 8 N–H and O–H groups in total. The van der Waals surface area contributed by atoms with Gasteiger partial charge in [-0.2, -0.15) is 9.97 Å². The Balaban J connectivity index is 1.53.